The Hall–Kier alpha value is -0.810. The molecule has 1 aliphatic rings. The second-order valence-corrected chi connectivity index (χ2v) is 6.17. The molecule has 1 amide bonds. The van der Waals surface area contributed by atoms with Gasteiger partial charge < -0.3 is 15.0 Å². The van der Waals surface area contributed by atoms with Crippen molar-refractivity contribution in [1.82, 2.24) is 0 Å². The smallest absolute Gasteiger partial charge is 0.279 e. The first-order valence-electron chi connectivity index (χ1n) is 6.67. The number of carbonyl (C=O) groups excluding carboxylic acids is 1. The fourth-order valence-electron chi connectivity index (χ4n) is 2.59. The minimum atomic E-state index is -0.0420. The molecule has 1 fully saturated rings. The quantitative estimate of drug-likeness (QED) is 0.889. The van der Waals surface area contributed by atoms with Crippen LogP contribution in [0, 0.1) is 0 Å². The lowest BCUT2D eigenvalue weighted by Gasteiger charge is -2.31. The highest BCUT2D eigenvalue weighted by molar-refractivity contribution is 6.35. The van der Waals surface area contributed by atoms with Crippen LogP contribution in [0.25, 0.3) is 0 Å². The molecule has 0 unspecified atom stereocenters. The Morgan fingerprint density at radius 2 is 1.80 bits per heavy atom. The SMILES string of the molecule is C[C@H]1C[NH+](CC(=O)Nc2cc(Cl)cc(Cl)c2)C[C@H](C)O1. The van der Waals surface area contributed by atoms with Crippen LogP contribution in [0.2, 0.25) is 10.0 Å². The van der Waals surface area contributed by atoms with Gasteiger partial charge in [-0.1, -0.05) is 23.2 Å². The van der Waals surface area contributed by atoms with Crippen molar-refractivity contribution in [2.24, 2.45) is 0 Å². The highest BCUT2D eigenvalue weighted by Gasteiger charge is 2.27. The molecule has 1 aliphatic heterocycles. The third-order valence-electron chi connectivity index (χ3n) is 3.17. The molecule has 0 saturated carbocycles. The maximum atomic E-state index is 12.1. The fourth-order valence-corrected chi connectivity index (χ4v) is 3.12. The van der Waals surface area contributed by atoms with Gasteiger partial charge in [0.2, 0.25) is 0 Å². The van der Waals surface area contributed by atoms with Crippen molar-refractivity contribution < 1.29 is 14.4 Å². The minimum absolute atomic E-state index is 0.0420. The zero-order chi connectivity index (χ0) is 14.7. The lowest BCUT2D eigenvalue weighted by Crippen LogP contribution is -3.16. The summed E-state index contributed by atoms with van der Waals surface area (Å²) >= 11 is 11.8. The first kappa shape index (κ1) is 15.6. The summed E-state index contributed by atoms with van der Waals surface area (Å²) in [4.78, 5) is 13.3. The molecule has 20 heavy (non-hydrogen) atoms. The number of benzene rings is 1. The molecule has 2 N–H and O–H groups in total. The Kier molecular flexibility index (Phi) is 5.27. The molecule has 1 saturated heterocycles. The third-order valence-corrected chi connectivity index (χ3v) is 3.61. The number of ether oxygens (including phenoxy) is 1. The second kappa shape index (κ2) is 6.76. The van der Waals surface area contributed by atoms with Gasteiger partial charge in [0.05, 0.1) is 0 Å². The van der Waals surface area contributed by atoms with Gasteiger partial charge in [-0.05, 0) is 32.0 Å². The predicted molar refractivity (Wildman–Crippen MR) is 80.7 cm³/mol. The van der Waals surface area contributed by atoms with E-state index in [0.717, 1.165) is 13.1 Å². The van der Waals surface area contributed by atoms with Crippen LogP contribution in [0.4, 0.5) is 5.69 Å². The van der Waals surface area contributed by atoms with Crippen molar-refractivity contribution in [3.05, 3.63) is 28.2 Å². The molecule has 0 aliphatic carbocycles. The van der Waals surface area contributed by atoms with Crippen LogP contribution >= 0.6 is 23.2 Å². The average molecular weight is 318 g/mol. The highest BCUT2D eigenvalue weighted by Crippen LogP contribution is 2.22. The van der Waals surface area contributed by atoms with E-state index < -0.39 is 0 Å². The van der Waals surface area contributed by atoms with Crippen LogP contribution < -0.4 is 10.2 Å². The number of morpholine rings is 1. The lowest BCUT2D eigenvalue weighted by molar-refractivity contribution is -0.907. The van der Waals surface area contributed by atoms with E-state index in [1.54, 1.807) is 18.2 Å². The molecule has 1 heterocycles. The lowest BCUT2D eigenvalue weighted by atomic mass is 10.2. The maximum Gasteiger partial charge on any atom is 0.279 e. The summed E-state index contributed by atoms with van der Waals surface area (Å²) in [6.07, 6.45) is 0.365. The molecule has 1 aromatic rings. The summed E-state index contributed by atoms with van der Waals surface area (Å²) in [6.45, 7) is 6.17. The molecule has 1 aromatic carbocycles. The van der Waals surface area contributed by atoms with Crippen LogP contribution in [-0.4, -0.2) is 37.7 Å². The van der Waals surface area contributed by atoms with E-state index >= 15 is 0 Å². The van der Waals surface area contributed by atoms with Gasteiger partial charge >= 0.3 is 0 Å². The van der Waals surface area contributed by atoms with E-state index in [4.69, 9.17) is 27.9 Å². The summed E-state index contributed by atoms with van der Waals surface area (Å²) in [7, 11) is 0. The average Bonchev–Trinajstić information content (AvgIpc) is 2.24. The van der Waals surface area contributed by atoms with Gasteiger partial charge in [-0.3, -0.25) is 4.79 Å². The number of nitrogens with one attached hydrogen (secondary N) is 2. The predicted octanol–water partition coefficient (Wildman–Crippen LogP) is 1.62. The van der Waals surface area contributed by atoms with Crippen LogP contribution in [-0.2, 0) is 9.53 Å². The third kappa shape index (κ3) is 4.63. The summed E-state index contributed by atoms with van der Waals surface area (Å²) in [6, 6.07) is 5.01. The minimum Gasteiger partial charge on any atom is -0.364 e. The molecule has 4 nitrogen and oxygen atoms in total. The monoisotopic (exact) mass is 317 g/mol. The topological polar surface area (TPSA) is 42.8 Å². The largest absolute Gasteiger partial charge is 0.364 e. The number of rotatable bonds is 3. The molecule has 0 radical (unpaired) electrons. The number of halogens is 2. The number of quaternary nitrogens is 1. The van der Waals surface area contributed by atoms with Gasteiger partial charge in [-0.25, -0.2) is 0 Å². The molecule has 110 valence electrons. The Morgan fingerprint density at radius 1 is 1.25 bits per heavy atom. The van der Waals surface area contributed by atoms with Crippen LogP contribution in [0.15, 0.2) is 18.2 Å². The maximum absolute atomic E-state index is 12.1. The van der Waals surface area contributed by atoms with Gasteiger partial charge in [0.15, 0.2) is 6.54 Å². The first-order valence-corrected chi connectivity index (χ1v) is 7.43. The molecule has 2 rings (SSSR count). The number of hydrogen-bond donors (Lipinski definition) is 2. The van der Waals surface area contributed by atoms with E-state index in [1.165, 1.54) is 4.90 Å². The van der Waals surface area contributed by atoms with Crippen molar-refractivity contribution in [2.75, 3.05) is 25.0 Å². The standard InChI is InChI=1S/C14H18Cl2N2O2/c1-9-6-18(7-10(2)20-9)8-14(19)17-13-4-11(15)3-12(16)5-13/h3-5,9-10H,6-8H2,1-2H3,(H,17,19)/p+1/t9-,10-/m0/s1. The van der Waals surface area contributed by atoms with Gasteiger partial charge in [0.1, 0.15) is 25.3 Å². The number of hydrogen-bond acceptors (Lipinski definition) is 2. The van der Waals surface area contributed by atoms with E-state index in [1.807, 2.05) is 13.8 Å². The summed E-state index contributed by atoms with van der Waals surface area (Å²) in [5.41, 5.74) is 0.626. The molecular weight excluding hydrogens is 299 g/mol. The van der Waals surface area contributed by atoms with Crippen LogP contribution in [0.5, 0.6) is 0 Å². The molecule has 2 atom stereocenters. The Bertz CT molecular complexity index is 466. The van der Waals surface area contributed by atoms with E-state index in [0.29, 0.717) is 22.3 Å². The Balaban J connectivity index is 1.92. The zero-order valence-corrected chi connectivity index (χ0v) is 13.1. The number of amides is 1. The second-order valence-electron chi connectivity index (χ2n) is 5.30. The molecule has 6 heteroatoms. The van der Waals surface area contributed by atoms with Crippen LogP contribution in [0.1, 0.15) is 13.8 Å². The van der Waals surface area contributed by atoms with Gasteiger partial charge in [0, 0.05) is 15.7 Å². The highest BCUT2D eigenvalue weighted by atomic mass is 35.5. The number of carbonyl (C=O) groups is 1. The van der Waals surface area contributed by atoms with Gasteiger partial charge in [-0.15, -0.1) is 0 Å². The van der Waals surface area contributed by atoms with E-state index in [2.05, 4.69) is 5.32 Å². The van der Waals surface area contributed by atoms with E-state index in [-0.39, 0.29) is 18.1 Å². The molecule has 0 aromatic heterocycles. The van der Waals surface area contributed by atoms with E-state index in [9.17, 15) is 4.79 Å². The molecule has 0 spiro atoms. The Labute approximate surface area is 129 Å². The Morgan fingerprint density at radius 3 is 2.35 bits per heavy atom. The van der Waals surface area contributed by atoms with Crippen molar-refractivity contribution in [1.29, 1.82) is 0 Å². The van der Waals surface area contributed by atoms with Gasteiger partial charge in [-0.2, -0.15) is 0 Å². The van der Waals surface area contributed by atoms with Crippen molar-refractivity contribution in [3.63, 3.8) is 0 Å². The van der Waals surface area contributed by atoms with Crippen molar-refractivity contribution in [2.45, 2.75) is 26.1 Å². The zero-order valence-electron chi connectivity index (χ0n) is 11.6. The summed E-state index contributed by atoms with van der Waals surface area (Å²) in [5.74, 6) is -0.0420. The van der Waals surface area contributed by atoms with Crippen molar-refractivity contribution in [3.8, 4) is 0 Å². The van der Waals surface area contributed by atoms with Crippen molar-refractivity contribution >= 4 is 34.8 Å². The number of anilines is 1. The van der Waals surface area contributed by atoms with Crippen LogP contribution in [0.3, 0.4) is 0 Å². The van der Waals surface area contributed by atoms with Gasteiger partial charge in [0.25, 0.3) is 5.91 Å². The normalized spacial score (nSPS) is 26.3. The fraction of sp³-hybridized carbons (Fsp3) is 0.500. The molecule has 0 bridgehead atoms. The molecular formula is C14H19Cl2N2O2+. The first-order chi connectivity index (χ1) is 9.42. The summed E-state index contributed by atoms with van der Waals surface area (Å²) < 4.78 is 5.66. The summed E-state index contributed by atoms with van der Waals surface area (Å²) in [5, 5.41) is 3.85.